The lowest BCUT2D eigenvalue weighted by Crippen LogP contribution is -2.31. The Morgan fingerprint density at radius 2 is 2.08 bits per heavy atom. The van der Waals surface area contributed by atoms with Gasteiger partial charge in [-0.05, 0) is 25.0 Å². The first-order valence-corrected chi connectivity index (χ1v) is 9.66. The van der Waals surface area contributed by atoms with E-state index < -0.39 is 10.0 Å². The Morgan fingerprint density at radius 3 is 2.79 bits per heavy atom. The molecule has 1 aliphatic heterocycles. The molecule has 0 saturated carbocycles. The van der Waals surface area contributed by atoms with Crippen LogP contribution in [0.25, 0.3) is 0 Å². The van der Waals surface area contributed by atoms with Gasteiger partial charge in [0.05, 0.1) is 6.10 Å². The maximum atomic E-state index is 12.2. The molecule has 1 saturated heterocycles. The van der Waals surface area contributed by atoms with Gasteiger partial charge in [0, 0.05) is 18.7 Å². The van der Waals surface area contributed by atoms with Crippen LogP contribution >= 0.6 is 11.3 Å². The van der Waals surface area contributed by atoms with E-state index in [-0.39, 0.29) is 28.0 Å². The first kappa shape index (κ1) is 17.0. The van der Waals surface area contributed by atoms with E-state index in [1.807, 2.05) is 0 Å². The van der Waals surface area contributed by atoms with Crippen LogP contribution in [0.4, 0.5) is 5.13 Å². The molecule has 24 heavy (non-hydrogen) atoms. The van der Waals surface area contributed by atoms with E-state index in [1.165, 1.54) is 0 Å². The van der Waals surface area contributed by atoms with Gasteiger partial charge in [-0.15, -0.1) is 10.2 Å². The van der Waals surface area contributed by atoms with Crippen molar-refractivity contribution >= 4 is 32.4 Å². The number of amides is 1. The summed E-state index contributed by atoms with van der Waals surface area (Å²) >= 11 is 0.800. The number of ether oxygens (including phenoxy) is 1. The minimum Gasteiger partial charge on any atom is -0.377 e. The third kappa shape index (κ3) is 4.15. The Balaban J connectivity index is 1.62. The van der Waals surface area contributed by atoms with E-state index in [0.717, 1.165) is 24.2 Å². The summed E-state index contributed by atoms with van der Waals surface area (Å²) in [5.74, 6) is -0.372. The fourth-order valence-corrected chi connectivity index (χ4v) is 4.20. The zero-order valence-electron chi connectivity index (χ0n) is 12.6. The predicted molar refractivity (Wildman–Crippen MR) is 88.5 cm³/mol. The summed E-state index contributed by atoms with van der Waals surface area (Å²) in [5.41, 5.74) is 0.452. The van der Waals surface area contributed by atoms with Gasteiger partial charge in [0.2, 0.25) is 9.47 Å². The summed E-state index contributed by atoms with van der Waals surface area (Å²) in [6.45, 7) is 0.856. The van der Waals surface area contributed by atoms with Crippen molar-refractivity contribution in [2.75, 3.05) is 18.5 Å². The first-order valence-electron chi connectivity index (χ1n) is 7.36. The molecule has 10 heteroatoms. The molecule has 0 radical (unpaired) electrons. The number of carbonyl (C=O) groups is 1. The number of sulfonamides is 1. The third-order valence-corrected chi connectivity index (χ3v) is 6.05. The van der Waals surface area contributed by atoms with E-state index in [4.69, 9.17) is 4.74 Å². The molecule has 8 nitrogen and oxygen atoms in total. The molecule has 0 bridgehead atoms. The smallest absolute Gasteiger partial charge is 0.269 e. The Kier molecular flexibility index (Phi) is 5.19. The molecule has 128 valence electrons. The van der Waals surface area contributed by atoms with Gasteiger partial charge in [-0.2, -0.15) is 0 Å². The van der Waals surface area contributed by atoms with Crippen LogP contribution in [-0.2, 0) is 14.8 Å². The van der Waals surface area contributed by atoms with Gasteiger partial charge in [0.25, 0.3) is 15.9 Å². The highest BCUT2D eigenvalue weighted by Crippen LogP contribution is 2.21. The van der Waals surface area contributed by atoms with Gasteiger partial charge in [0.15, 0.2) is 0 Å². The Bertz CT molecular complexity index is 801. The molecule has 0 spiro atoms. The van der Waals surface area contributed by atoms with Gasteiger partial charge in [-0.25, -0.2) is 13.1 Å². The number of anilines is 1. The van der Waals surface area contributed by atoms with Gasteiger partial charge in [-0.1, -0.05) is 29.5 Å². The summed E-state index contributed by atoms with van der Waals surface area (Å²) in [6, 6.07) is 8.57. The molecular weight excluding hydrogens is 352 g/mol. The fourth-order valence-electron chi connectivity index (χ4n) is 2.20. The summed E-state index contributed by atoms with van der Waals surface area (Å²) in [6.07, 6.45) is 1.66. The molecule has 0 unspecified atom stereocenters. The van der Waals surface area contributed by atoms with Crippen molar-refractivity contribution in [1.29, 1.82) is 0 Å². The summed E-state index contributed by atoms with van der Waals surface area (Å²) in [5, 5.41) is 10.0. The molecule has 1 atom stereocenters. The average Bonchev–Trinajstić information content (AvgIpc) is 3.26. The molecule has 1 aliphatic rings. The molecule has 1 aromatic carbocycles. The maximum absolute atomic E-state index is 12.2. The number of hydrogen-bond donors (Lipinski definition) is 2. The van der Waals surface area contributed by atoms with Crippen molar-refractivity contribution in [2.24, 2.45) is 0 Å². The van der Waals surface area contributed by atoms with Gasteiger partial charge in [-0.3, -0.25) is 10.1 Å². The number of nitrogens with one attached hydrogen (secondary N) is 2. The monoisotopic (exact) mass is 368 g/mol. The zero-order chi connectivity index (χ0) is 17.0. The summed E-state index contributed by atoms with van der Waals surface area (Å²) in [7, 11) is -3.76. The largest absolute Gasteiger partial charge is 0.377 e. The van der Waals surface area contributed by atoms with E-state index in [2.05, 4.69) is 20.2 Å². The number of rotatable bonds is 6. The van der Waals surface area contributed by atoms with Crippen molar-refractivity contribution in [2.45, 2.75) is 23.3 Å². The average molecular weight is 368 g/mol. The number of hydrogen-bond acceptors (Lipinski definition) is 7. The maximum Gasteiger partial charge on any atom is 0.269 e. The highest BCUT2D eigenvalue weighted by atomic mass is 32.2. The lowest BCUT2D eigenvalue weighted by Gasteiger charge is -2.09. The second-order valence-electron chi connectivity index (χ2n) is 5.18. The lowest BCUT2D eigenvalue weighted by molar-refractivity contribution is 0.102. The molecule has 0 aliphatic carbocycles. The molecule has 1 aromatic heterocycles. The fraction of sp³-hybridized carbons (Fsp3) is 0.357. The van der Waals surface area contributed by atoms with Gasteiger partial charge >= 0.3 is 0 Å². The Labute approximate surface area is 143 Å². The van der Waals surface area contributed by atoms with E-state index in [9.17, 15) is 13.2 Å². The zero-order valence-corrected chi connectivity index (χ0v) is 14.3. The van der Waals surface area contributed by atoms with Crippen LogP contribution in [0.2, 0.25) is 0 Å². The van der Waals surface area contributed by atoms with Crippen LogP contribution in [0.5, 0.6) is 0 Å². The predicted octanol–water partition coefficient (Wildman–Crippen LogP) is 1.25. The van der Waals surface area contributed by atoms with Crippen molar-refractivity contribution < 1.29 is 17.9 Å². The Hall–Kier alpha value is -1.88. The highest BCUT2D eigenvalue weighted by Gasteiger charge is 2.24. The molecule has 2 heterocycles. The highest BCUT2D eigenvalue weighted by molar-refractivity contribution is 7.91. The normalized spacial score (nSPS) is 17.8. The minimum absolute atomic E-state index is 0.107. The second kappa shape index (κ2) is 7.34. The Morgan fingerprint density at radius 1 is 1.29 bits per heavy atom. The van der Waals surface area contributed by atoms with Crippen LogP contribution < -0.4 is 10.0 Å². The van der Waals surface area contributed by atoms with E-state index in [0.29, 0.717) is 12.2 Å². The van der Waals surface area contributed by atoms with E-state index >= 15 is 0 Å². The van der Waals surface area contributed by atoms with Gasteiger partial charge in [0.1, 0.15) is 0 Å². The summed E-state index contributed by atoms with van der Waals surface area (Å²) < 4.78 is 32.0. The van der Waals surface area contributed by atoms with Crippen LogP contribution in [-0.4, -0.2) is 43.8 Å². The number of nitrogens with zero attached hydrogens (tertiary/aromatic N) is 2. The van der Waals surface area contributed by atoms with Gasteiger partial charge < -0.3 is 4.74 Å². The third-order valence-electron chi connectivity index (χ3n) is 3.42. The summed E-state index contributed by atoms with van der Waals surface area (Å²) in [4.78, 5) is 12.0. The minimum atomic E-state index is -3.76. The van der Waals surface area contributed by atoms with E-state index in [1.54, 1.807) is 30.3 Å². The standard InChI is InChI=1S/C14H16N4O4S2/c19-12(10-5-2-1-3-6-10)16-13-17-18-14(23-13)24(20,21)15-9-11-7-4-8-22-11/h1-3,5-6,11,15H,4,7-9H2,(H,16,17,19)/t11-/m1/s1. The quantitative estimate of drug-likeness (QED) is 0.743. The number of benzene rings is 1. The number of aromatic nitrogens is 2. The second-order valence-corrected chi connectivity index (χ2v) is 8.10. The molecule has 1 fully saturated rings. The molecule has 2 aromatic rings. The SMILES string of the molecule is O=C(Nc1nnc(S(=O)(=O)NC[C@H]2CCCO2)s1)c1ccccc1. The molecule has 3 rings (SSSR count). The molecule has 1 amide bonds. The van der Waals surface area contributed by atoms with Crippen LogP contribution in [0.3, 0.4) is 0 Å². The topological polar surface area (TPSA) is 110 Å². The first-order chi connectivity index (χ1) is 11.5. The van der Waals surface area contributed by atoms with Crippen molar-refractivity contribution in [3.05, 3.63) is 35.9 Å². The van der Waals surface area contributed by atoms with Crippen LogP contribution in [0, 0.1) is 0 Å². The lowest BCUT2D eigenvalue weighted by atomic mass is 10.2. The van der Waals surface area contributed by atoms with Crippen molar-refractivity contribution in [3.63, 3.8) is 0 Å². The molecular formula is C14H16N4O4S2. The van der Waals surface area contributed by atoms with Crippen molar-refractivity contribution in [1.82, 2.24) is 14.9 Å². The van der Waals surface area contributed by atoms with Crippen LogP contribution in [0.1, 0.15) is 23.2 Å². The van der Waals surface area contributed by atoms with Crippen molar-refractivity contribution in [3.8, 4) is 0 Å². The van der Waals surface area contributed by atoms with Crippen LogP contribution in [0.15, 0.2) is 34.7 Å². The molecule has 2 N–H and O–H groups in total. The number of carbonyl (C=O) groups excluding carboxylic acids is 1.